The molecule has 0 N–H and O–H groups in total. The zero-order valence-electron chi connectivity index (χ0n) is 35.4. The van der Waals surface area contributed by atoms with Crippen LogP contribution < -0.4 is 5.11 Å². The van der Waals surface area contributed by atoms with Gasteiger partial charge in [-0.3, -0.25) is 9.59 Å². The third-order valence-corrected chi connectivity index (χ3v) is 10.2. The predicted octanol–water partition coefficient (Wildman–Crippen LogP) is 10.6. The van der Waals surface area contributed by atoms with Crippen LogP contribution in [-0.4, -0.2) is 75.5 Å². The number of hydrogen-bond acceptors (Lipinski definition) is 7. The number of carbonyl (C=O) groups is 3. The molecule has 0 aromatic carbocycles. The van der Waals surface area contributed by atoms with Gasteiger partial charge >= 0.3 is 11.9 Å². The average Bonchev–Trinajstić information content (AvgIpc) is 3.11. The lowest BCUT2D eigenvalue weighted by molar-refractivity contribution is -0.889. The molecule has 0 heterocycles. The summed E-state index contributed by atoms with van der Waals surface area (Å²) in [6, 6.07) is -0.720. The van der Waals surface area contributed by atoms with E-state index in [-0.39, 0.29) is 42.7 Å². The van der Waals surface area contributed by atoms with E-state index in [1.807, 2.05) is 0 Å². The highest BCUT2D eigenvalue weighted by molar-refractivity contribution is 5.70. The standard InChI is InChI=1S/C45H85NO7/c1-6-8-10-12-14-16-17-18-19-20-21-22-23-24-25-26-27-28-30-32-34-36-44(48)53-41(39-51-38-37-42(45(49)50)46(3,4)5)40-52-43(47)35-33-31-29-15-13-11-9-7-2/h20-21,41-42H,6-19,22-40H2,1-5H3/b21-20-. The van der Waals surface area contributed by atoms with Gasteiger partial charge in [0.05, 0.1) is 40.3 Å². The molecule has 53 heavy (non-hydrogen) atoms. The summed E-state index contributed by atoms with van der Waals surface area (Å²) < 4.78 is 17.1. The van der Waals surface area contributed by atoms with Crippen molar-refractivity contribution in [3.05, 3.63) is 12.2 Å². The van der Waals surface area contributed by atoms with Gasteiger partial charge in [-0.2, -0.15) is 0 Å². The van der Waals surface area contributed by atoms with Crippen LogP contribution in [0.3, 0.4) is 0 Å². The quantitative estimate of drug-likeness (QED) is 0.0266. The van der Waals surface area contributed by atoms with Crippen LogP contribution in [-0.2, 0) is 28.6 Å². The summed E-state index contributed by atoms with van der Waals surface area (Å²) in [5, 5.41) is 11.6. The fourth-order valence-corrected chi connectivity index (χ4v) is 6.65. The largest absolute Gasteiger partial charge is 0.544 e. The van der Waals surface area contributed by atoms with Gasteiger partial charge in [-0.05, 0) is 38.5 Å². The summed E-state index contributed by atoms with van der Waals surface area (Å²) in [5.41, 5.74) is 0. The third-order valence-electron chi connectivity index (χ3n) is 10.2. The first-order chi connectivity index (χ1) is 25.6. The van der Waals surface area contributed by atoms with Crippen LogP contribution in [0.2, 0.25) is 0 Å². The van der Waals surface area contributed by atoms with Crippen molar-refractivity contribution >= 4 is 17.9 Å². The van der Waals surface area contributed by atoms with Gasteiger partial charge in [0, 0.05) is 19.3 Å². The van der Waals surface area contributed by atoms with Crippen LogP contribution >= 0.6 is 0 Å². The molecule has 312 valence electrons. The minimum atomic E-state index is -1.12. The summed E-state index contributed by atoms with van der Waals surface area (Å²) >= 11 is 0. The number of quaternary nitrogens is 1. The Kier molecular flexibility index (Phi) is 35.7. The van der Waals surface area contributed by atoms with E-state index in [1.165, 1.54) is 135 Å². The minimum absolute atomic E-state index is 0.0449. The Morgan fingerprint density at radius 2 is 0.943 bits per heavy atom. The van der Waals surface area contributed by atoms with E-state index >= 15 is 0 Å². The van der Waals surface area contributed by atoms with Gasteiger partial charge in [0.25, 0.3) is 0 Å². The SMILES string of the molecule is CCCCCCCCCC/C=C\CCCCCCCCCCCC(=O)OC(COCCC(C(=O)[O-])[N+](C)(C)C)COC(=O)CCCCCCCCCC. The molecule has 8 heteroatoms. The molecule has 0 saturated heterocycles. The van der Waals surface area contributed by atoms with Crippen molar-refractivity contribution in [2.24, 2.45) is 0 Å². The Hall–Kier alpha value is -1.93. The van der Waals surface area contributed by atoms with Crippen molar-refractivity contribution in [3.8, 4) is 0 Å². The van der Waals surface area contributed by atoms with Gasteiger partial charge in [-0.15, -0.1) is 0 Å². The van der Waals surface area contributed by atoms with Crippen molar-refractivity contribution in [2.75, 3.05) is 41.0 Å². The van der Waals surface area contributed by atoms with E-state index < -0.39 is 18.1 Å². The molecule has 0 aromatic rings. The van der Waals surface area contributed by atoms with Crippen molar-refractivity contribution in [3.63, 3.8) is 0 Å². The number of rotatable bonds is 40. The van der Waals surface area contributed by atoms with Crippen molar-refractivity contribution in [1.29, 1.82) is 0 Å². The lowest BCUT2D eigenvalue weighted by Crippen LogP contribution is -2.55. The Morgan fingerprint density at radius 3 is 1.36 bits per heavy atom. The smallest absolute Gasteiger partial charge is 0.306 e. The summed E-state index contributed by atoms with van der Waals surface area (Å²) in [4.78, 5) is 36.7. The molecular weight excluding hydrogens is 666 g/mol. The van der Waals surface area contributed by atoms with E-state index in [4.69, 9.17) is 14.2 Å². The Labute approximate surface area is 327 Å². The van der Waals surface area contributed by atoms with Gasteiger partial charge in [-0.1, -0.05) is 161 Å². The van der Waals surface area contributed by atoms with Crippen LogP contribution in [0.25, 0.3) is 0 Å². The highest BCUT2D eigenvalue weighted by Crippen LogP contribution is 2.15. The zero-order chi connectivity index (χ0) is 39.3. The van der Waals surface area contributed by atoms with Crippen LogP contribution in [0.15, 0.2) is 12.2 Å². The minimum Gasteiger partial charge on any atom is -0.544 e. The number of allylic oxidation sites excluding steroid dienone is 2. The molecule has 8 nitrogen and oxygen atoms in total. The maximum atomic E-state index is 12.7. The number of esters is 2. The second-order valence-corrected chi connectivity index (χ2v) is 16.3. The molecule has 0 bridgehead atoms. The van der Waals surface area contributed by atoms with Crippen LogP contribution in [0.4, 0.5) is 0 Å². The van der Waals surface area contributed by atoms with E-state index in [1.54, 1.807) is 21.1 Å². The van der Waals surface area contributed by atoms with Crippen molar-refractivity contribution in [1.82, 2.24) is 0 Å². The monoisotopic (exact) mass is 752 g/mol. The normalized spacial score (nSPS) is 13.0. The molecule has 0 aliphatic rings. The topological polar surface area (TPSA) is 102 Å². The lowest BCUT2D eigenvalue weighted by Gasteiger charge is -2.34. The molecule has 0 fully saturated rings. The van der Waals surface area contributed by atoms with Crippen LogP contribution in [0.5, 0.6) is 0 Å². The number of likely N-dealkylation sites (N-methyl/N-ethyl adjacent to an activating group) is 1. The Morgan fingerprint density at radius 1 is 0.547 bits per heavy atom. The molecule has 0 aliphatic carbocycles. The Balaban J connectivity index is 4.19. The second kappa shape index (κ2) is 37.0. The highest BCUT2D eigenvalue weighted by Gasteiger charge is 2.25. The number of nitrogens with zero attached hydrogens (tertiary/aromatic N) is 1. The van der Waals surface area contributed by atoms with Gasteiger partial charge in [-0.25, -0.2) is 0 Å². The fraction of sp³-hybridized carbons (Fsp3) is 0.889. The summed E-state index contributed by atoms with van der Waals surface area (Å²) in [6.07, 6.45) is 38.2. The third kappa shape index (κ3) is 35.5. The lowest BCUT2D eigenvalue weighted by atomic mass is 10.1. The number of carboxylic acid groups (broad SMARTS) is 1. The van der Waals surface area contributed by atoms with Gasteiger partial charge in [0.2, 0.25) is 0 Å². The molecule has 0 aromatic heterocycles. The van der Waals surface area contributed by atoms with Crippen LogP contribution in [0.1, 0.15) is 206 Å². The molecule has 2 atom stereocenters. The fourth-order valence-electron chi connectivity index (χ4n) is 6.65. The number of ether oxygens (including phenoxy) is 3. The molecule has 2 unspecified atom stereocenters. The first kappa shape index (κ1) is 51.1. The van der Waals surface area contributed by atoms with Gasteiger partial charge in [0.1, 0.15) is 12.6 Å². The Bertz CT molecular complexity index is 885. The predicted molar refractivity (Wildman–Crippen MR) is 217 cm³/mol. The maximum absolute atomic E-state index is 12.7. The highest BCUT2D eigenvalue weighted by atomic mass is 16.6. The molecular formula is C45H85NO7. The van der Waals surface area contributed by atoms with E-state index in [0.717, 1.165) is 38.5 Å². The molecule has 0 radical (unpaired) electrons. The summed E-state index contributed by atoms with van der Waals surface area (Å²) in [7, 11) is 5.41. The second-order valence-electron chi connectivity index (χ2n) is 16.3. The molecule has 0 saturated carbocycles. The molecule has 0 aliphatic heterocycles. The maximum Gasteiger partial charge on any atom is 0.306 e. The van der Waals surface area contributed by atoms with E-state index in [0.29, 0.717) is 12.8 Å². The number of carboxylic acids is 1. The molecule has 0 rings (SSSR count). The zero-order valence-corrected chi connectivity index (χ0v) is 35.4. The van der Waals surface area contributed by atoms with E-state index in [2.05, 4.69) is 26.0 Å². The number of unbranched alkanes of at least 4 members (excludes halogenated alkanes) is 24. The van der Waals surface area contributed by atoms with Gasteiger partial charge in [0.15, 0.2) is 6.10 Å². The molecule has 0 spiro atoms. The van der Waals surface area contributed by atoms with Gasteiger partial charge < -0.3 is 28.6 Å². The number of carbonyl (C=O) groups excluding carboxylic acids is 3. The first-order valence-corrected chi connectivity index (χ1v) is 22.2. The van der Waals surface area contributed by atoms with Crippen molar-refractivity contribution < 1.29 is 38.2 Å². The summed E-state index contributed by atoms with van der Waals surface area (Å²) in [6.45, 7) is 4.65. The average molecular weight is 752 g/mol. The van der Waals surface area contributed by atoms with Crippen molar-refractivity contribution in [2.45, 2.75) is 219 Å². The first-order valence-electron chi connectivity index (χ1n) is 22.2. The van der Waals surface area contributed by atoms with Crippen LogP contribution in [0, 0.1) is 0 Å². The number of aliphatic carboxylic acids is 1. The number of hydrogen-bond donors (Lipinski definition) is 0. The van der Waals surface area contributed by atoms with E-state index in [9.17, 15) is 19.5 Å². The summed E-state index contributed by atoms with van der Waals surface area (Å²) in [5.74, 6) is -1.73. The molecule has 0 amide bonds.